The molecule has 0 spiro atoms. The number of carbonyl (C=O) groups excluding carboxylic acids is 1. The van der Waals surface area contributed by atoms with Crippen LogP contribution in [0.3, 0.4) is 0 Å². The first-order chi connectivity index (χ1) is 9.96. The van der Waals surface area contributed by atoms with Gasteiger partial charge in [0.1, 0.15) is 0 Å². The maximum absolute atomic E-state index is 12.3. The first kappa shape index (κ1) is 15.2. The van der Waals surface area contributed by atoms with Crippen molar-refractivity contribution < 1.29 is 24.5 Å². The molecule has 3 N–H and O–H groups in total. The molecule has 0 aromatic heterocycles. The minimum absolute atomic E-state index is 0.0825. The Morgan fingerprint density at radius 2 is 2.00 bits per heavy atom. The monoisotopic (exact) mass is 293 g/mol. The Morgan fingerprint density at radius 1 is 1.33 bits per heavy atom. The lowest BCUT2D eigenvalue weighted by Crippen LogP contribution is -2.47. The smallest absolute Gasteiger partial charge is 0.305 e. The molecule has 1 aliphatic carbocycles. The fourth-order valence-electron chi connectivity index (χ4n) is 2.83. The van der Waals surface area contributed by atoms with Gasteiger partial charge < -0.3 is 20.3 Å². The third-order valence-electron chi connectivity index (χ3n) is 3.87. The molecular formula is C15H19NO5. The molecule has 1 saturated carbocycles. The second-order valence-electron chi connectivity index (χ2n) is 5.40. The van der Waals surface area contributed by atoms with E-state index in [0.29, 0.717) is 12.8 Å². The van der Waals surface area contributed by atoms with E-state index in [4.69, 9.17) is 9.84 Å². The van der Waals surface area contributed by atoms with Crippen molar-refractivity contribution in [3.63, 3.8) is 0 Å². The zero-order valence-corrected chi connectivity index (χ0v) is 11.9. The van der Waals surface area contributed by atoms with E-state index in [1.165, 1.54) is 25.3 Å². The number of phenolic OH excluding ortho intramolecular Hbond substituents is 1. The largest absolute Gasteiger partial charge is 0.504 e. The van der Waals surface area contributed by atoms with E-state index >= 15 is 0 Å². The number of benzene rings is 1. The highest BCUT2D eigenvalue weighted by Crippen LogP contribution is 2.33. The topological polar surface area (TPSA) is 95.9 Å². The fourth-order valence-corrected chi connectivity index (χ4v) is 2.83. The third-order valence-corrected chi connectivity index (χ3v) is 3.87. The summed E-state index contributed by atoms with van der Waals surface area (Å²) in [4.78, 5) is 23.3. The Balaban J connectivity index is 2.15. The Hall–Kier alpha value is -2.24. The van der Waals surface area contributed by atoms with Gasteiger partial charge in [-0.25, -0.2) is 0 Å². The van der Waals surface area contributed by atoms with Crippen LogP contribution in [0.1, 0.15) is 42.5 Å². The summed E-state index contributed by atoms with van der Waals surface area (Å²) < 4.78 is 4.93. The van der Waals surface area contributed by atoms with Gasteiger partial charge in [0.25, 0.3) is 5.91 Å². The van der Waals surface area contributed by atoms with Crippen LogP contribution in [-0.2, 0) is 4.79 Å². The summed E-state index contributed by atoms with van der Waals surface area (Å²) in [6.45, 7) is 0. The maximum Gasteiger partial charge on any atom is 0.305 e. The second-order valence-corrected chi connectivity index (χ2v) is 5.40. The predicted octanol–water partition coefficient (Wildman–Crippen LogP) is 1.92. The molecule has 0 heterocycles. The van der Waals surface area contributed by atoms with E-state index in [9.17, 15) is 14.7 Å². The SMILES string of the molecule is COc1ccc(C(=O)NC2(CC(=O)O)CCCC2)cc1O. The summed E-state index contributed by atoms with van der Waals surface area (Å²) in [5.74, 6) is -1.14. The Labute approximate surface area is 122 Å². The molecule has 1 amide bonds. The summed E-state index contributed by atoms with van der Waals surface area (Å²) in [6.07, 6.45) is 3.05. The van der Waals surface area contributed by atoms with Crippen molar-refractivity contribution in [3.05, 3.63) is 23.8 Å². The quantitative estimate of drug-likeness (QED) is 0.770. The number of aromatic hydroxyl groups is 1. The molecule has 1 aromatic carbocycles. The number of nitrogens with one attached hydrogen (secondary N) is 1. The second kappa shape index (κ2) is 6.03. The van der Waals surface area contributed by atoms with E-state index in [1.807, 2.05) is 0 Å². The van der Waals surface area contributed by atoms with E-state index in [-0.39, 0.29) is 29.4 Å². The number of carboxylic acid groups (broad SMARTS) is 1. The minimum Gasteiger partial charge on any atom is -0.504 e. The van der Waals surface area contributed by atoms with Crippen molar-refractivity contribution in [1.82, 2.24) is 5.32 Å². The van der Waals surface area contributed by atoms with Crippen molar-refractivity contribution in [2.24, 2.45) is 0 Å². The molecule has 0 saturated heterocycles. The van der Waals surface area contributed by atoms with E-state index in [1.54, 1.807) is 0 Å². The van der Waals surface area contributed by atoms with Crippen LogP contribution in [0.4, 0.5) is 0 Å². The summed E-state index contributed by atoms with van der Waals surface area (Å²) in [6, 6.07) is 4.36. The maximum atomic E-state index is 12.3. The van der Waals surface area contributed by atoms with Crippen LogP contribution in [0.5, 0.6) is 11.5 Å². The van der Waals surface area contributed by atoms with Crippen molar-refractivity contribution >= 4 is 11.9 Å². The normalized spacial score (nSPS) is 16.4. The molecule has 6 heteroatoms. The van der Waals surface area contributed by atoms with Gasteiger partial charge in [-0.05, 0) is 31.0 Å². The summed E-state index contributed by atoms with van der Waals surface area (Å²) in [5.41, 5.74) is -0.400. The highest BCUT2D eigenvalue weighted by atomic mass is 16.5. The van der Waals surface area contributed by atoms with Gasteiger partial charge in [0.05, 0.1) is 19.1 Å². The van der Waals surface area contributed by atoms with Gasteiger partial charge in [0.2, 0.25) is 0 Å². The number of amides is 1. The molecule has 1 aromatic rings. The lowest BCUT2D eigenvalue weighted by Gasteiger charge is -2.28. The molecule has 6 nitrogen and oxygen atoms in total. The number of phenols is 1. The minimum atomic E-state index is -0.922. The van der Waals surface area contributed by atoms with E-state index in [2.05, 4.69) is 5.32 Å². The van der Waals surface area contributed by atoms with Gasteiger partial charge in [0.15, 0.2) is 11.5 Å². The number of rotatable bonds is 5. The zero-order valence-electron chi connectivity index (χ0n) is 11.9. The van der Waals surface area contributed by atoms with Crippen LogP contribution < -0.4 is 10.1 Å². The molecule has 2 rings (SSSR count). The van der Waals surface area contributed by atoms with Gasteiger partial charge in [-0.3, -0.25) is 9.59 Å². The molecule has 0 unspecified atom stereocenters. The molecule has 0 aliphatic heterocycles. The van der Waals surface area contributed by atoms with Crippen LogP contribution in [0.25, 0.3) is 0 Å². The highest BCUT2D eigenvalue weighted by molar-refractivity contribution is 5.95. The average molecular weight is 293 g/mol. The molecule has 1 aliphatic rings. The van der Waals surface area contributed by atoms with Gasteiger partial charge in [-0.1, -0.05) is 12.8 Å². The van der Waals surface area contributed by atoms with Gasteiger partial charge in [-0.2, -0.15) is 0 Å². The van der Waals surface area contributed by atoms with Crippen LogP contribution in [0.2, 0.25) is 0 Å². The number of hydrogen-bond acceptors (Lipinski definition) is 4. The number of methoxy groups -OCH3 is 1. The summed E-state index contributed by atoms with van der Waals surface area (Å²) in [5, 5.41) is 21.6. The lowest BCUT2D eigenvalue weighted by molar-refractivity contribution is -0.138. The Kier molecular flexibility index (Phi) is 4.35. The molecule has 114 valence electrons. The Morgan fingerprint density at radius 3 is 2.52 bits per heavy atom. The standard InChI is InChI=1S/C15H19NO5/c1-21-12-5-4-10(8-11(12)17)14(20)16-15(9-13(18)19)6-2-3-7-15/h4-5,8,17H,2-3,6-7,9H2,1H3,(H,16,20)(H,18,19). The fraction of sp³-hybridized carbons (Fsp3) is 0.467. The van der Waals surface area contributed by atoms with E-state index < -0.39 is 11.5 Å². The molecule has 1 fully saturated rings. The van der Waals surface area contributed by atoms with Crippen LogP contribution in [0.15, 0.2) is 18.2 Å². The van der Waals surface area contributed by atoms with Crippen molar-refractivity contribution in [1.29, 1.82) is 0 Å². The number of aliphatic carboxylic acids is 1. The van der Waals surface area contributed by atoms with Crippen molar-refractivity contribution in [3.8, 4) is 11.5 Å². The van der Waals surface area contributed by atoms with Crippen molar-refractivity contribution in [2.45, 2.75) is 37.6 Å². The molecule has 0 radical (unpaired) electrons. The molecule has 21 heavy (non-hydrogen) atoms. The first-order valence-corrected chi connectivity index (χ1v) is 6.87. The Bertz CT molecular complexity index is 549. The summed E-state index contributed by atoms with van der Waals surface area (Å²) >= 11 is 0. The number of ether oxygens (including phenoxy) is 1. The number of hydrogen-bond donors (Lipinski definition) is 3. The van der Waals surface area contributed by atoms with Crippen molar-refractivity contribution in [2.75, 3.05) is 7.11 Å². The highest BCUT2D eigenvalue weighted by Gasteiger charge is 2.37. The molecule has 0 bridgehead atoms. The lowest BCUT2D eigenvalue weighted by atomic mass is 9.92. The summed E-state index contributed by atoms with van der Waals surface area (Å²) in [7, 11) is 1.43. The van der Waals surface area contributed by atoms with E-state index in [0.717, 1.165) is 12.8 Å². The average Bonchev–Trinajstić information content (AvgIpc) is 2.85. The van der Waals surface area contributed by atoms with Crippen LogP contribution in [-0.4, -0.2) is 34.7 Å². The molecule has 0 atom stereocenters. The van der Waals surface area contributed by atoms with Crippen LogP contribution in [0, 0.1) is 0 Å². The zero-order chi connectivity index (χ0) is 15.5. The first-order valence-electron chi connectivity index (χ1n) is 6.87. The third kappa shape index (κ3) is 3.45. The van der Waals surface area contributed by atoms with Gasteiger partial charge >= 0.3 is 5.97 Å². The van der Waals surface area contributed by atoms with Gasteiger partial charge in [-0.15, -0.1) is 0 Å². The number of carbonyl (C=O) groups is 2. The van der Waals surface area contributed by atoms with Crippen LogP contribution >= 0.6 is 0 Å². The van der Waals surface area contributed by atoms with Gasteiger partial charge in [0, 0.05) is 5.56 Å². The molecular weight excluding hydrogens is 274 g/mol. The predicted molar refractivity (Wildman–Crippen MR) is 75.6 cm³/mol. The number of carboxylic acids is 1.